The number of hydrogen-bond donors (Lipinski definition) is 0. The Kier molecular flexibility index (Phi) is 4.16. The van der Waals surface area contributed by atoms with Crippen molar-refractivity contribution in [3.05, 3.63) is 78.0 Å². The summed E-state index contributed by atoms with van der Waals surface area (Å²) in [4.78, 5) is 4.54. The minimum Gasteiger partial charge on any atom is -0.251 e. The summed E-state index contributed by atoms with van der Waals surface area (Å²) in [6, 6.07) is 16.1. The number of hydrogen-bond acceptors (Lipinski definition) is 1. The average Bonchev–Trinajstić information content (AvgIpc) is 2.56. The Morgan fingerprint density at radius 2 is 1.27 bits per heavy atom. The molecule has 110 valence electrons. The van der Waals surface area contributed by atoms with Crippen molar-refractivity contribution < 1.29 is 8.78 Å². The lowest BCUT2D eigenvalue weighted by molar-refractivity contribution is 0.627. The van der Waals surface area contributed by atoms with Crippen molar-refractivity contribution >= 4 is 11.6 Å². The van der Waals surface area contributed by atoms with E-state index in [9.17, 15) is 8.78 Å². The fourth-order valence-electron chi connectivity index (χ4n) is 2.28. The molecule has 0 aliphatic rings. The Morgan fingerprint density at radius 3 is 1.82 bits per heavy atom. The summed E-state index contributed by atoms with van der Waals surface area (Å²) >= 11 is 6.00. The van der Waals surface area contributed by atoms with Gasteiger partial charge in [0.2, 0.25) is 0 Å². The van der Waals surface area contributed by atoms with Crippen molar-refractivity contribution in [3.8, 4) is 22.4 Å². The van der Waals surface area contributed by atoms with Crippen LogP contribution >= 0.6 is 11.6 Å². The summed E-state index contributed by atoms with van der Waals surface area (Å²) in [5.74, 6) is -0.335. The summed E-state index contributed by atoms with van der Waals surface area (Å²) in [6.07, 6.45) is 0. The van der Waals surface area contributed by atoms with E-state index in [0.717, 1.165) is 22.4 Å². The highest BCUT2D eigenvalue weighted by atomic mass is 35.5. The van der Waals surface area contributed by atoms with Crippen molar-refractivity contribution in [2.75, 3.05) is 0 Å². The highest BCUT2D eigenvalue weighted by Gasteiger charge is 2.09. The van der Waals surface area contributed by atoms with Gasteiger partial charge in [0, 0.05) is 11.1 Å². The van der Waals surface area contributed by atoms with E-state index in [2.05, 4.69) is 4.98 Å². The Labute approximate surface area is 132 Å². The second-order valence-electron chi connectivity index (χ2n) is 4.84. The van der Waals surface area contributed by atoms with Gasteiger partial charge in [-0.3, -0.25) is 4.98 Å². The summed E-state index contributed by atoms with van der Waals surface area (Å²) in [5.41, 5.74) is 3.96. The van der Waals surface area contributed by atoms with Gasteiger partial charge in [-0.25, -0.2) is 8.78 Å². The number of halogens is 3. The van der Waals surface area contributed by atoms with Crippen LogP contribution in [0.4, 0.5) is 8.78 Å². The molecule has 1 heterocycles. The van der Waals surface area contributed by atoms with Gasteiger partial charge in [0.25, 0.3) is 0 Å². The van der Waals surface area contributed by atoms with Crippen LogP contribution in [-0.2, 0) is 5.88 Å². The van der Waals surface area contributed by atoms with Crippen molar-refractivity contribution in [3.63, 3.8) is 0 Å². The quantitative estimate of drug-likeness (QED) is 0.587. The zero-order chi connectivity index (χ0) is 15.5. The van der Waals surface area contributed by atoms with Crippen LogP contribution in [0.3, 0.4) is 0 Å². The lowest BCUT2D eigenvalue weighted by Crippen LogP contribution is -1.94. The molecule has 0 saturated carbocycles. The largest absolute Gasteiger partial charge is 0.251 e. The molecule has 2 aromatic carbocycles. The molecule has 0 fully saturated rings. The van der Waals surface area contributed by atoms with Crippen LogP contribution in [-0.4, -0.2) is 4.98 Å². The molecule has 0 aliphatic carbocycles. The Balaban J connectivity index is 2.04. The molecule has 0 unspecified atom stereocenters. The summed E-state index contributed by atoms with van der Waals surface area (Å²) in [7, 11) is 0. The molecule has 1 nitrogen and oxygen atoms in total. The molecule has 3 rings (SSSR count). The maximum absolute atomic E-state index is 13.0. The average molecular weight is 316 g/mol. The van der Waals surface area contributed by atoms with Crippen LogP contribution in [0.5, 0.6) is 0 Å². The molecule has 3 aromatic rings. The first-order valence-corrected chi connectivity index (χ1v) is 7.28. The number of rotatable bonds is 3. The summed E-state index contributed by atoms with van der Waals surface area (Å²) in [5, 5.41) is 0. The molecule has 22 heavy (non-hydrogen) atoms. The van der Waals surface area contributed by atoms with Crippen LogP contribution in [0.25, 0.3) is 22.4 Å². The third-order valence-corrected chi connectivity index (χ3v) is 3.65. The van der Waals surface area contributed by atoms with Gasteiger partial charge < -0.3 is 0 Å². The fourth-order valence-corrected chi connectivity index (χ4v) is 2.48. The Bertz CT molecular complexity index is 783. The third-order valence-electron chi connectivity index (χ3n) is 3.40. The topological polar surface area (TPSA) is 12.9 Å². The molecule has 0 amide bonds. The SMILES string of the molecule is Fc1ccc(-c2ccc(-c3ccc(F)cc3)c(CCl)n2)cc1. The van der Waals surface area contributed by atoms with Crippen molar-refractivity contribution in [2.24, 2.45) is 0 Å². The predicted molar refractivity (Wildman–Crippen MR) is 84.6 cm³/mol. The lowest BCUT2D eigenvalue weighted by Gasteiger charge is -2.09. The van der Waals surface area contributed by atoms with Crippen LogP contribution in [0.2, 0.25) is 0 Å². The van der Waals surface area contributed by atoms with Gasteiger partial charge in [0.1, 0.15) is 11.6 Å². The van der Waals surface area contributed by atoms with Crippen LogP contribution in [0.15, 0.2) is 60.7 Å². The van der Waals surface area contributed by atoms with Gasteiger partial charge in [-0.15, -0.1) is 11.6 Å². The summed E-state index contributed by atoms with van der Waals surface area (Å²) < 4.78 is 26.0. The smallest absolute Gasteiger partial charge is 0.123 e. The normalized spacial score (nSPS) is 10.7. The molecule has 0 radical (unpaired) electrons. The number of nitrogens with zero attached hydrogens (tertiary/aromatic N) is 1. The fraction of sp³-hybridized carbons (Fsp3) is 0.0556. The van der Waals surface area contributed by atoms with Gasteiger partial charge in [-0.05, 0) is 48.0 Å². The monoisotopic (exact) mass is 315 g/mol. The van der Waals surface area contributed by atoms with Crippen LogP contribution in [0, 0.1) is 11.6 Å². The molecule has 1 aromatic heterocycles. The number of alkyl halides is 1. The maximum Gasteiger partial charge on any atom is 0.123 e. The maximum atomic E-state index is 13.0. The van der Waals surface area contributed by atoms with E-state index in [1.807, 2.05) is 12.1 Å². The van der Waals surface area contributed by atoms with Crippen molar-refractivity contribution in [2.45, 2.75) is 5.88 Å². The first-order chi connectivity index (χ1) is 10.7. The van der Waals surface area contributed by atoms with Gasteiger partial charge >= 0.3 is 0 Å². The number of benzene rings is 2. The van der Waals surface area contributed by atoms with Crippen LogP contribution in [0.1, 0.15) is 5.69 Å². The van der Waals surface area contributed by atoms with Gasteiger partial charge in [0.15, 0.2) is 0 Å². The van der Waals surface area contributed by atoms with E-state index in [-0.39, 0.29) is 17.5 Å². The molecule has 0 atom stereocenters. The van der Waals surface area contributed by atoms with E-state index in [4.69, 9.17) is 11.6 Å². The van der Waals surface area contributed by atoms with Gasteiger partial charge in [0.05, 0.1) is 17.3 Å². The molecular formula is C18H12ClF2N. The van der Waals surface area contributed by atoms with E-state index >= 15 is 0 Å². The van der Waals surface area contributed by atoms with Crippen molar-refractivity contribution in [1.82, 2.24) is 4.98 Å². The molecule has 0 N–H and O–H groups in total. The molecule has 0 spiro atoms. The minimum atomic E-state index is -0.288. The molecule has 4 heteroatoms. The van der Waals surface area contributed by atoms with E-state index in [0.29, 0.717) is 5.69 Å². The molecular weight excluding hydrogens is 304 g/mol. The number of aromatic nitrogens is 1. The van der Waals surface area contributed by atoms with Gasteiger partial charge in [-0.2, -0.15) is 0 Å². The zero-order valence-electron chi connectivity index (χ0n) is 11.6. The van der Waals surface area contributed by atoms with Gasteiger partial charge in [-0.1, -0.05) is 18.2 Å². The first kappa shape index (κ1) is 14.7. The molecule has 0 saturated heterocycles. The van der Waals surface area contributed by atoms with Crippen LogP contribution < -0.4 is 0 Å². The first-order valence-electron chi connectivity index (χ1n) is 6.75. The second-order valence-corrected chi connectivity index (χ2v) is 5.11. The Hall–Kier alpha value is -2.26. The standard InChI is InChI=1S/C18H12ClF2N/c19-11-18-16(12-1-5-14(20)6-2-12)9-10-17(22-18)13-3-7-15(21)8-4-13/h1-10H,11H2. The zero-order valence-corrected chi connectivity index (χ0v) is 12.3. The number of pyridine rings is 1. The second kappa shape index (κ2) is 6.24. The highest BCUT2D eigenvalue weighted by Crippen LogP contribution is 2.27. The third kappa shape index (κ3) is 3.00. The predicted octanol–water partition coefficient (Wildman–Crippen LogP) is 5.43. The minimum absolute atomic E-state index is 0.238. The highest BCUT2D eigenvalue weighted by molar-refractivity contribution is 6.17. The van der Waals surface area contributed by atoms with E-state index < -0.39 is 0 Å². The van der Waals surface area contributed by atoms with E-state index in [1.54, 1.807) is 24.3 Å². The molecule has 0 bridgehead atoms. The summed E-state index contributed by atoms with van der Waals surface area (Å²) in [6.45, 7) is 0. The lowest BCUT2D eigenvalue weighted by atomic mass is 10.0. The van der Waals surface area contributed by atoms with E-state index in [1.165, 1.54) is 24.3 Å². The Morgan fingerprint density at radius 1 is 0.727 bits per heavy atom. The molecule has 0 aliphatic heterocycles. The van der Waals surface area contributed by atoms with Crippen molar-refractivity contribution in [1.29, 1.82) is 0 Å².